The van der Waals surface area contributed by atoms with Gasteiger partial charge in [0.15, 0.2) is 0 Å². The smallest absolute Gasteiger partial charge is 0.251 e. The zero-order valence-corrected chi connectivity index (χ0v) is 17.5. The Bertz CT molecular complexity index is 895. The quantitative estimate of drug-likeness (QED) is 0.752. The molecule has 1 heterocycles. The number of aromatic nitrogens is 1. The number of likely N-dealkylation sites (N-methyl/N-ethyl adjacent to an activating group) is 1. The molecule has 154 valence electrons. The molecule has 0 saturated carbocycles. The van der Waals surface area contributed by atoms with E-state index in [0.29, 0.717) is 11.4 Å². The van der Waals surface area contributed by atoms with Gasteiger partial charge in [-0.1, -0.05) is 31.5 Å². The summed E-state index contributed by atoms with van der Waals surface area (Å²) in [5.41, 5.74) is 2.43. The van der Waals surface area contributed by atoms with Crippen molar-refractivity contribution < 1.29 is 14.4 Å². The molecule has 7 heteroatoms. The molecule has 2 aromatic rings. The van der Waals surface area contributed by atoms with Crippen LogP contribution in [0.25, 0.3) is 0 Å². The third-order valence-electron chi connectivity index (χ3n) is 4.44. The van der Waals surface area contributed by atoms with Crippen molar-refractivity contribution in [2.75, 3.05) is 18.9 Å². The van der Waals surface area contributed by atoms with Crippen LogP contribution >= 0.6 is 0 Å². The normalized spacial score (nSPS) is 11.7. The highest BCUT2D eigenvalue weighted by molar-refractivity contribution is 5.99. The summed E-state index contributed by atoms with van der Waals surface area (Å²) in [6.07, 6.45) is 1.61. The van der Waals surface area contributed by atoms with Gasteiger partial charge in [0, 0.05) is 18.8 Å². The van der Waals surface area contributed by atoms with Crippen LogP contribution in [-0.4, -0.2) is 47.2 Å². The van der Waals surface area contributed by atoms with E-state index in [1.807, 2.05) is 39.8 Å². The Hall–Kier alpha value is -3.22. The first-order valence-corrected chi connectivity index (χ1v) is 9.52. The number of hydrogen-bond donors (Lipinski definition) is 2. The highest BCUT2D eigenvalue weighted by Crippen LogP contribution is 2.10. The lowest BCUT2D eigenvalue weighted by molar-refractivity contribution is -0.135. The first-order valence-electron chi connectivity index (χ1n) is 9.52. The van der Waals surface area contributed by atoms with Gasteiger partial charge in [0.1, 0.15) is 11.9 Å². The minimum atomic E-state index is -0.738. The number of aryl methyl sites for hydroxylation is 2. The molecular weight excluding hydrogens is 368 g/mol. The van der Waals surface area contributed by atoms with Crippen molar-refractivity contribution in [2.24, 2.45) is 5.92 Å². The molecule has 3 amide bonds. The van der Waals surface area contributed by atoms with Crippen molar-refractivity contribution in [2.45, 2.75) is 33.7 Å². The Kier molecular flexibility index (Phi) is 7.47. The van der Waals surface area contributed by atoms with Crippen LogP contribution in [0.3, 0.4) is 0 Å². The van der Waals surface area contributed by atoms with Gasteiger partial charge >= 0.3 is 0 Å². The zero-order valence-electron chi connectivity index (χ0n) is 17.5. The number of carbonyl (C=O) groups excluding carboxylic acids is 3. The van der Waals surface area contributed by atoms with E-state index in [4.69, 9.17) is 0 Å². The SMILES string of the molecule is Cc1cccc(C(=O)NC(C(=O)N(C)CC(=O)Nc2cc(C)ccn2)C(C)C)c1. The van der Waals surface area contributed by atoms with E-state index in [9.17, 15) is 14.4 Å². The van der Waals surface area contributed by atoms with Crippen molar-refractivity contribution in [3.63, 3.8) is 0 Å². The summed E-state index contributed by atoms with van der Waals surface area (Å²) in [4.78, 5) is 43.1. The van der Waals surface area contributed by atoms with Gasteiger partial charge in [-0.2, -0.15) is 0 Å². The van der Waals surface area contributed by atoms with Crippen LogP contribution in [0.5, 0.6) is 0 Å². The Morgan fingerprint density at radius 2 is 1.76 bits per heavy atom. The maximum atomic E-state index is 12.9. The fourth-order valence-electron chi connectivity index (χ4n) is 2.84. The fourth-order valence-corrected chi connectivity index (χ4v) is 2.84. The molecule has 0 aliphatic rings. The molecule has 1 atom stereocenters. The maximum Gasteiger partial charge on any atom is 0.251 e. The molecule has 0 aliphatic heterocycles. The topological polar surface area (TPSA) is 91.4 Å². The summed E-state index contributed by atoms with van der Waals surface area (Å²) in [5, 5.41) is 5.48. The third kappa shape index (κ3) is 6.41. The van der Waals surface area contributed by atoms with E-state index in [2.05, 4.69) is 15.6 Å². The average molecular weight is 396 g/mol. The van der Waals surface area contributed by atoms with Crippen molar-refractivity contribution >= 4 is 23.5 Å². The number of carbonyl (C=O) groups is 3. The maximum absolute atomic E-state index is 12.9. The molecule has 0 spiro atoms. The van der Waals surface area contributed by atoms with Crippen LogP contribution in [0.1, 0.15) is 35.3 Å². The molecule has 2 N–H and O–H groups in total. The summed E-state index contributed by atoms with van der Waals surface area (Å²) < 4.78 is 0. The lowest BCUT2D eigenvalue weighted by Crippen LogP contribution is -2.51. The van der Waals surface area contributed by atoms with Gasteiger partial charge < -0.3 is 15.5 Å². The number of nitrogens with one attached hydrogen (secondary N) is 2. The van der Waals surface area contributed by atoms with Crippen LogP contribution in [0.2, 0.25) is 0 Å². The number of amides is 3. The van der Waals surface area contributed by atoms with Gasteiger partial charge in [-0.05, 0) is 49.6 Å². The molecule has 0 saturated heterocycles. The summed E-state index contributed by atoms with van der Waals surface area (Å²) in [6.45, 7) is 7.36. The predicted molar refractivity (Wildman–Crippen MR) is 113 cm³/mol. The first-order chi connectivity index (χ1) is 13.7. The Morgan fingerprint density at radius 1 is 1.07 bits per heavy atom. The van der Waals surface area contributed by atoms with E-state index in [-0.39, 0.29) is 30.2 Å². The monoisotopic (exact) mass is 396 g/mol. The van der Waals surface area contributed by atoms with Crippen LogP contribution < -0.4 is 10.6 Å². The second-order valence-corrected chi connectivity index (χ2v) is 7.53. The molecule has 7 nitrogen and oxygen atoms in total. The van der Waals surface area contributed by atoms with Crippen LogP contribution in [-0.2, 0) is 9.59 Å². The highest BCUT2D eigenvalue weighted by Gasteiger charge is 2.28. The van der Waals surface area contributed by atoms with Crippen molar-refractivity contribution in [3.8, 4) is 0 Å². The van der Waals surface area contributed by atoms with Crippen molar-refractivity contribution in [3.05, 3.63) is 59.3 Å². The number of nitrogens with zero attached hydrogens (tertiary/aromatic N) is 2. The van der Waals surface area contributed by atoms with E-state index >= 15 is 0 Å². The summed E-state index contributed by atoms with van der Waals surface area (Å²) in [6, 6.07) is 10.0. The zero-order chi connectivity index (χ0) is 21.6. The molecule has 2 rings (SSSR count). The van der Waals surface area contributed by atoms with Crippen LogP contribution in [0.15, 0.2) is 42.6 Å². The van der Waals surface area contributed by atoms with Gasteiger partial charge in [-0.15, -0.1) is 0 Å². The Morgan fingerprint density at radius 3 is 2.38 bits per heavy atom. The van der Waals surface area contributed by atoms with Crippen molar-refractivity contribution in [1.82, 2.24) is 15.2 Å². The van der Waals surface area contributed by atoms with Crippen LogP contribution in [0.4, 0.5) is 5.82 Å². The van der Waals surface area contributed by atoms with E-state index in [1.54, 1.807) is 37.5 Å². The average Bonchev–Trinajstić information content (AvgIpc) is 2.65. The molecular formula is C22H28N4O3. The minimum absolute atomic E-state index is 0.139. The number of anilines is 1. The number of pyridine rings is 1. The number of benzene rings is 1. The number of rotatable bonds is 7. The highest BCUT2D eigenvalue weighted by atomic mass is 16.2. The van der Waals surface area contributed by atoms with Gasteiger partial charge in [0.25, 0.3) is 5.91 Å². The molecule has 1 aromatic heterocycles. The fraction of sp³-hybridized carbons (Fsp3) is 0.364. The molecule has 1 unspecified atom stereocenters. The van der Waals surface area contributed by atoms with E-state index in [0.717, 1.165) is 11.1 Å². The van der Waals surface area contributed by atoms with Gasteiger partial charge in [-0.25, -0.2) is 4.98 Å². The molecule has 0 radical (unpaired) electrons. The standard InChI is InChI=1S/C22H28N4O3/c1-14(2)20(25-21(28)17-8-6-7-15(3)11-17)22(29)26(5)13-19(27)24-18-12-16(4)9-10-23-18/h6-12,14,20H,13H2,1-5H3,(H,25,28)(H,23,24,27). The molecule has 1 aromatic carbocycles. The second kappa shape index (κ2) is 9.82. The minimum Gasteiger partial charge on any atom is -0.340 e. The van der Waals surface area contributed by atoms with E-state index in [1.165, 1.54) is 4.90 Å². The largest absolute Gasteiger partial charge is 0.340 e. The summed E-state index contributed by atoms with van der Waals surface area (Å²) >= 11 is 0. The Balaban J connectivity index is 2.01. The van der Waals surface area contributed by atoms with Crippen LogP contribution in [0, 0.1) is 19.8 Å². The lowest BCUT2D eigenvalue weighted by Gasteiger charge is -2.26. The Labute approximate surface area is 171 Å². The van der Waals surface area contributed by atoms with Gasteiger partial charge in [0.2, 0.25) is 11.8 Å². The third-order valence-corrected chi connectivity index (χ3v) is 4.44. The molecule has 0 aliphatic carbocycles. The molecule has 0 bridgehead atoms. The summed E-state index contributed by atoms with van der Waals surface area (Å²) in [7, 11) is 1.54. The number of hydrogen-bond acceptors (Lipinski definition) is 4. The van der Waals surface area contributed by atoms with Crippen molar-refractivity contribution in [1.29, 1.82) is 0 Å². The molecule has 29 heavy (non-hydrogen) atoms. The van der Waals surface area contributed by atoms with E-state index < -0.39 is 6.04 Å². The van der Waals surface area contributed by atoms with Gasteiger partial charge in [-0.3, -0.25) is 14.4 Å². The molecule has 0 fully saturated rings. The second-order valence-electron chi connectivity index (χ2n) is 7.53. The lowest BCUT2D eigenvalue weighted by atomic mass is 10.0. The summed E-state index contributed by atoms with van der Waals surface area (Å²) in [5.74, 6) is -0.702. The predicted octanol–water partition coefficient (Wildman–Crippen LogP) is 2.55. The van der Waals surface area contributed by atoms with Gasteiger partial charge in [0.05, 0.1) is 6.54 Å². The first kappa shape index (κ1) is 22.1.